The van der Waals surface area contributed by atoms with Crippen molar-refractivity contribution in [1.82, 2.24) is 10.3 Å². The number of halogens is 1. The maximum atomic E-state index is 5.99. The summed E-state index contributed by atoms with van der Waals surface area (Å²) < 4.78 is 0. The summed E-state index contributed by atoms with van der Waals surface area (Å²) in [5, 5.41) is 4.30. The molecule has 96 valence electrons. The quantitative estimate of drug-likeness (QED) is 0.895. The Morgan fingerprint density at radius 2 is 2.28 bits per heavy atom. The van der Waals surface area contributed by atoms with E-state index in [0.29, 0.717) is 6.04 Å². The van der Waals surface area contributed by atoms with Crippen LogP contribution in [0.1, 0.15) is 29.1 Å². The van der Waals surface area contributed by atoms with Crippen molar-refractivity contribution < 1.29 is 0 Å². The molecule has 1 N–H and O–H groups in total. The van der Waals surface area contributed by atoms with Gasteiger partial charge < -0.3 is 5.32 Å². The average Bonchev–Trinajstić information content (AvgIpc) is 2.75. The first kappa shape index (κ1) is 13.5. The van der Waals surface area contributed by atoms with Gasteiger partial charge in [0.25, 0.3) is 0 Å². The Morgan fingerprint density at radius 1 is 1.44 bits per heavy atom. The van der Waals surface area contributed by atoms with Crippen LogP contribution in [0.3, 0.4) is 0 Å². The molecule has 0 saturated carbocycles. The van der Waals surface area contributed by atoms with E-state index in [-0.39, 0.29) is 0 Å². The summed E-state index contributed by atoms with van der Waals surface area (Å²) in [6, 6.07) is 8.32. The lowest BCUT2D eigenvalue weighted by molar-refractivity contribution is 0.578. The number of nitrogens with one attached hydrogen (secondary N) is 1. The van der Waals surface area contributed by atoms with Crippen molar-refractivity contribution in [2.45, 2.75) is 26.3 Å². The second-order valence-corrected chi connectivity index (χ2v) is 5.72. The third kappa shape index (κ3) is 3.55. The summed E-state index contributed by atoms with van der Waals surface area (Å²) in [6.07, 6.45) is 1.03. The number of rotatable bonds is 5. The molecule has 0 saturated heterocycles. The van der Waals surface area contributed by atoms with E-state index in [4.69, 9.17) is 11.6 Å². The molecule has 0 radical (unpaired) electrons. The van der Waals surface area contributed by atoms with Gasteiger partial charge in [-0.1, -0.05) is 23.7 Å². The molecule has 1 heterocycles. The van der Waals surface area contributed by atoms with Gasteiger partial charge in [0.15, 0.2) is 0 Å². The first-order chi connectivity index (χ1) is 8.66. The van der Waals surface area contributed by atoms with Gasteiger partial charge in [0.1, 0.15) is 0 Å². The lowest BCUT2D eigenvalue weighted by Gasteiger charge is -2.14. The normalized spacial score (nSPS) is 12.6. The molecule has 2 nitrogen and oxygen atoms in total. The van der Waals surface area contributed by atoms with E-state index in [9.17, 15) is 0 Å². The van der Waals surface area contributed by atoms with Crippen LogP contribution in [0.4, 0.5) is 0 Å². The Balaban J connectivity index is 1.85. The first-order valence-electron chi connectivity index (χ1n) is 6.04. The van der Waals surface area contributed by atoms with E-state index in [1.807, 2.05) is 23.7 Å². The van der Waals surface area contributed by atoms with E-state index in [1.54, 1.807) is 11.3 Å². The number of aromatic nitrogens is 1. The van der Waals surface area contributed by atoms with Crippen molar-refractivity contribution in [3.63, 3.8) is 0 Å². The fraction of sp³-hybridized carbons (Fsp3) is 0.357. The van der Waals surface area contributed by atoms with Crippen LogP contribution in [0.2, 0.25) is 5.02 Å². The second-order valence-electron chi connectivity index (χ2n) is 4.34. The highest BCUT2D eigenvalue weighted by molar-refractivity contribution is 7.09. The van der Waals surface area contributed by atoms with Crippen molar-refractivity contribution in [3.05, 3.63) is 50.9 Å². The number of nitrogens with zero attached hydrogens (tertiary/aromatic N) is 1. The van der Waals surface area contributed by atoms with Gasteiger partial charge in [0, 0.05) is 22.5 Å². The van der Waals surface area contributed by atoms with E-state index in [1.165, 1.54) is 10.4 Å². The molecule has 1 aromatic heterocycles. The molecular weight excluding hydrogens is 264 g/mol. The smallest absolute Gasteiger partial charge is 0.0797 e. The number of thiazole rings is 1. The lowest BCUT2D eigenvalue weighted by Crippen LogP contribution is -2.21. The molecule has 0 aliphatic carbocycles. The molecule has 2 rings (SSSR count). The minimum absolute atomic E-state index is 0.317. The highest BCUT2D eigenvalue weighted by Gasteiger charge is 2.06. The Hall–Kier alpha value is -0.900. The van der Waals surface area contributed by atoms with Crippen LogP contribution in [-0.2, 0) is 6.42 Å². The maximum Gasteiger partial charge on any atom is 0.0797 e. The summed E-state index contributed by atoms with van der Waals surface area (Å²) >= 11 is 7.72. The summed E-state index contributed by atoms with van der Waals surface area (Å²) in [6.45, 7) is 5.17. The SMILES string of the molecule is Cc1ncsc1CCNC(C)c1cccc(Cl)c1. The topological polar surface area (TPSA) is 24.9 Å². The molecule has 0 bridgehead atoms. The summed E-state index contributed by atoms with van der Waals surface area (Å²) in [5.74, 6) is 0. The summed E-state index contributed by atoms with van der Waals surface area (Å²) in [7, 11) is 0. The molecule has 1 atom stereocenters. The molecule has 2 aromatic rings. The zero-order valence-electron chi connectivity index (χ0n) is 10.6. The molecule has 4 heteroatoms. The van der Waals surface area contributed by atoms with Gasteiger partial charge in [-0.2, -0.15) is 0 Å². The van der Waals surface area contributed by atoms with Crippen molar-refractivity contribution in [2.24, 2.45) is 0 Å². The second kappa shape index (κ2) is 6.32. The summed E-state index contributed by atoms with van der Waals surface area (Å²) in [4.78, 5) is 5.62. The Kier molecular flexibility index (Phi) is 4.75. The number of aryl methyl sites for hydroxylation is 1. The van der Waals surface area contributed by atoms with Crippen molar-refractivity contribution >= 4 is 22.9 Å². The monoisotopic (exact) mass is 280 g/mol. The van der Waals surface area contributed by atoms with Crippen molar-refractivity contribution in [3.8, 4) is 0 Å². The predicted octanol–water partition coefficient (Wildman–Crippen LogP) is 4.00. The standard InChI is InChI=1S/C14H17ClN2S/c1-10(12-4-3-5-13(15)8-12)16-7-6-14-11(2)17-9-18-14/h3-5,8-10,16H,6-7H2,1-2H3. The average molecular weight is 281 g/mol. The third-order valence-electron chi connectivity index (χ3n) is 3.00. The van der Waals surface area contributed by atoms with Crippen LogP contribution in [-0.4, -0.2) is 11.5 Å². The molecule has 1 unspecified atom stereocenters. The molecular formula is C14H17ClN2S. The van der Waals surface area contributed by atoms with Gasteiger partial charge in [0.05, 0.1) is 11.2 Å². The minimum Gasteiger partial charge on any atom is -0.310 e. The largest absolute Gasteiger partial charge is 0.310 e. The van der Waals surface area contributed by atoms with Crippen LogP contribution in [0.15, 0.2) is 29.8 Å². The van der Waals surface area contributed by atoms with Gasteiger partial charge in [0.2, 0.25) is 0 Å². The van der Waals surface area contributed by atoms with Gasteiger partial charge in [-0.25, -0.2) is 4.98 Å². The maximum absolute atomic E-state index is 5.99. The van der Waals surface area contributed by atoms with E-state index in [0.717, 1.165) is 23.7 Å². The highest BCUT2D eigenvalue weighted by atomic mass is 35.5. The molecule has 0 aliphatic rings. The molecule has 1 aromatic carbocycles. The van der Waals surface area contributed by atoms with Crippen molar-refractivity contribution in [2.75, 3.05) is 6.54 Å². The van der Waals surface area contributed by atoms with Gasteiger partial charge in [-0.3, -0.25) is 0 Å². The zero-order chi connectivity index (χ0) is 13.0. The van der Waals surface area contributed by atoms with E-state index >= 15 is 0 Å². The van der Waals surface area contributed by atoms with Crippen LogP contribution in [0.5, 0.6) is 0 Å². The van der Waals surface area contributed by atoms with Crippen LogP contribution >= 0.6 is 22.9 Å². The molecule has 0 fully saturated rings. The summed E-state index contributed by atoms with van der Waals surface area (Å²) in [5.41, 5.74) is 4.28. The number of hydrogen-bond acceptors (Lipinski definition) is 3. The van der Waals surface area contributed by atoms with E-state index in [2.05, 4.69) is 30.2 Å². The van der Waals surface area contributed by atoms with Crippen LogP contribution in [0.25, 0.3) is 0 Å². The van der Waals surface area contributed by atoms with Crippen molar-refractivity contribution in [1.29, 1.82) is 0 Å². The van der Waals surface area contributed by atoms with Gasteiger partial charge in [-0.05, 0) is 38.0 Å². The lowest BCUT2D eigenvalue weighted by atomic mass is 10.1. The van der Waals surface area contributed by atoms with Gasteiger partial charge in [-0.15, -0.1) is 11.3 Å². The molecule has 0 spiro atoms. The first-order valence-corrected chi connectivity index (χ1v) is 7.30. The fourth-order valence-electron chi connectivity index (χ4n) is 1.86. The van der Waals surface area contributed by atoms with Crippen LogP contribution in [0, 0.1) is 6.92 Å². The highest BCUT2D eigenvalue weighted by Crippen LogP contribution is 2.18. The Labute approximate surface area is 117 Å². The minimum atomic E-state index is 0.317. The van der Waals surface area contributed by atoms with Crippen LogP contribution < -0.4 is 5.32 Å². The molecule has 0 amide bonds. The Bertz CT molecular complexity index is 510. The fourth-order valence-corrected chi connectivity index (χ4v) is 2.84. The zero-order valence-corrected chi connectivity index (χ0v) is 12.2. The molecule has 18 heavy (non-hydrogen) atoms. The predicted molar refractivity (Wildman–Crippen MR) is 78.4 cm³/mol. The Morgan fingerprint density at radius 3 is 2.94 bits per heavy atom. The van der Waals surface area contributed by atoms with E-state index < -0.39 is 0 Å². The van der Waals surface area contributed by atoms with Gasteiger partial charge >= 0.3 is 0 Å². The number of benzene rings is 1. The molecule has 0 aliphatic heterocycles. The third-order valence-corrected chi connectivity index (χ3v) is 4.23. The number of hydrogen-bond donors (Lipinski definition) is 1.